The van der Waals surface area contributed by atoms with E-state index in [0.717, 1.165) is 17.0 Å². The molecule has 178 valence electrons. The highest BCUT2D eigenvalue weighted by molar-refractivity contribution is 8.00. The molecule has 1 atom stereocenters. The van der Waals surface area contributed by atoms with Crippen molar-refractivity contribution in [3.8, 4) is 0 Å². The minimum Gasteiger partial charge on any atom is -0.369 e. The summed E-state index contributed by atoms with van der Waals surface area (Å²) < 4.78 is 67.0. The van der Waals surface area contributed by atoms with Crippen LogP contribution in [-0.2, 0) is 21.0 Å². The smallest absolute Gasteiger partial charge is 0.369 e. The van der Waals surface area contributed by atoms with Crippen molar-refractivity contribution in [2.24, 2.45) is 0 Å². The average molecular weight is 500 g/mol. The largest absolute Gasteiger partial charge is 0.416 e. The van der Waals surface area contributed by atoms with Crippen LogP contribution in [0.2, 0.25) is 0 Å². The maximum Gasteiger partial charge on any atom is 0.416 e. The number of rotatable bonds is 3. The number of nitrogens with zero attached hydrogens (tertiary/aromatic N) is 3. The SMILES string of the molecule is CC(=O)N1C[C@@H](C)Sc2ccc(S(=O)(=O)N3CCN(c4cccc(C(F)(F)F)c4)CC3)cc21. The number of benzene rings is 2. The number of anilines is 2. The van der Waals surface area contributed by atoms with E-state index in [1.807, 2.05) is 6.92 Å². The van der Waals surface area contributed by atoms with Gasteiger partial charge in [-0.05, 0) is 36.4 Å². The van der Waals surface area contributed by atoms with Gasteiger partial charge in [0.15, 0.2) is 0 Å². The monoisotopic (exact) mass is 499 g/mol. The Labute approximate surface area is 195 Å². The summed E-state index contributed by atoms with van der Waals surface area (Å²) in [6, 6.07) is 9.89. The van der Waals surface area contributed by atoms with Gasteiger partial charge in [0.05, 0.1) is 16.1 Å². The van der Waals surface area contributed by atoms with E-state index in [-0.39, 0.29) is 42.2 Å². The van der Waals surface area contributed by atoms with Gasteiger partial charge in [-0.3, -0.25) is 4.79 Å². The normalized spacial score (nSPS) is 20.0. The number of amides is 1. The minimum atomic E-state index is -4.43. The van der Waals surface area contributed by atoms with Gasteiger partial charge in [0.25, 0.3) is 0 Å². The van der Waals surface area contributed by atoms with E-state index in [9.17, 15) is 26.4 Å². The number of alkyl halides is 3. The number of piperazine rings is 1. The third-order valence-corrected chi connectivity index (χ3v) is 8.83. The van der Waals surface area contributed by atoms with E-state index in [2.05, 4.69) is 0 Å². The van der Waals surface area contributed by atoms with Crippen LogP contribution >= 0.6 is 11.8 Å². The second kappa shape index (κ2) is 8.84. The van der Waals surface area contributed by atoms with Crippen LogP contribution in [0.15, 0.2) is 52.3 Å². The molecule has 0 aromatic heterocycles. The van der Waals surface area contributed by atoms with Crippen molar-refractivity contribution in [1.29, 1.82) is 0 Å². The Hall–Kier alpha value is -2.24. The molecule has 2 aliphatic heterocycles. The Morgan fingerprint density at radius 1 is 1.06 bits per heavy atom. The first-order valence-corrected chi connectivity index (χ1v) is 12.8. The van der Waals surface area contributed by atoms with Crippen LogP contribution in [0.1, 0.15) is 19.4 Å². The quantitative estimate of drug-likeness (QED) is 0.638. The van der Waals surface area contributed by atoms with Crippen LogP contribution in [0, 0.1) is 0 Å². The molecule has 0 spiro atoms. The van der Waals surface area contributed by atoms with E-state index >= 15 is 0 Å². The molecular weight excluding hydrogens is 475 g/mol. The Morgan fingerprint density at radius 2 is 1.76 bits per heavy atom. The lowest BCUT2D eigenvalue weighted by Crippen LogP contribution is -2.48. The third-order valence-electron chi connectivity index (χ3n) is 5.78. The molecule has 11 heteroatoms. The molecule has 33 heavy (non-hydrogen) atoms. The molecule has 0 saturated carbocycles. The van der Waals surface area contributed by atoms with Crippen LogP contribution in [0.25, 0.3) is 0 Å². The molecule has 6 nitrogen and oxygen atoms in total. The molecule has 0 radical (unpaired) electrons. The fraction of sp³-hybridized carbons (Fsp3) is 0.409. The topological polar surface area (TPSA) is 60.9 Å². The number of carbonyl (C=O) groups is 1. The summed E-state index contributed by atoms with van der Waals surface area (Å²) in [5.41, 5.74) is 0.277. The average Bonchev–Trinajstić information content (AvgIpc) is 2.77. The van der Waals surface area contributed by atoms with Crippen molar-refractivity contribution in [1.82, 2.24) is 4.31 Å². The number of thioether (sulfide) groups is 1. The first kappa shape index (κ1) is 23.9. The second-order valence-corrected chi connectivity index (χ2v) is 11.5. The zero-order valence-corrected chi connectivity index (χ0v) is 19.8. The van der Waals surface area contributed by atoms with Gasteiger partial charge in [-0.1, -0.05) is 13.0 Å². The summed E-state index contributed by atoms with van der Waals surface area (Å²) in [5.74, 6) is -0.146. The fourth-order valence-electron chi connectivity index (χ4n) is 4.09. The van der Waals surface area contributed by atoms with Crippen molar-refractivity contribution < 1.29 is 26.4 Å². The van der Waals surface area contributed by atoms with Crippen molar-refractivity contribution in [3.63, 3.8) is 0 Å². The number of sulfonamides is 1. The summed E-state index contributed by atoms with van der Waals surface area (Å²) >= 11 is 1.60. The predicted molar refractivity (Wildman–Crippen MR) is 122 cm³/mol. The molecule has 4 rings (SSSR count). The number of halogens is 3. The Balaban J connectivity index is 1.52. The van der Waals surface area contributed by atoms with Gasteiger partial charge in [-0.25, -0.2) is 8.42 Å². The van der Waals surface area contributed by atoms with E-state index in [4.69, 9.17) is 0 Å². The molecule has 1 saturated heterocycles. The van der Waals surface area contributed by atoms with Crippen LogP contribution in [-0.4, -0.2) is 56.6 Å². The van der Waals surface area contributed by atoms with Gasteiger partial charge in [0.2, 0.25) is 15.9 Å². The number of fused-ring (bicyclic) bond motifs is 1. The molecule has 2 aromatic rings. The van der Waals surface area contributed by atoms with Crippen LogP contribution in [0.4, 0.5) is 24.5 Å². The highest BCUT2D eigenvalue weighted by Crippen LogP contribution is 2.40. The number of hydrogen-bond acceptors (Lipinski definition) is 5. The number of hydrogen-bond donors (Lipinski definition) is 0. The molecule has 0 N–H and O–H groups in total. The lowest BCUT2D eigenvalue weighted by atomic mass is 10.1. The second-order valence-electron chi connectivity index (χ2n) is 8.13. The number of carbonyl (C=O) groups excluding carboxylic acids is 1. The molecule has 2 heterocycles. The van der Waals surface area contributed by atoms with E-state index in [1.165, 1.54) is 17.3 Å². The van der Waals surface area contributed by atoms with E-state index in [1.54, 1.807) is 45.8 Å². The Bertz CT molecular complexity index is 1160. The minimum absolute atomic E-state index is 0.107. The molecule has 1 fully saturated rings. The zero-order valence-electron chi connectivity index (χ0n) is 18.2. The highest BCUT2D eigenvalue weighted by Gasteiger charge is 2.33. The zero-order chi connectivity index (χ0) is 24.0. The van der Waals surface area contributed by atoms with Gasteiger partial charge < -0.3 is 9.80 Å². The maximum atomic E-state index is 13.3. The van der Waals surface area contributed by atoms with Gasteiger partial charge >= 0.3 is 6.18 Å². The van der Waals surface area contributed by atoms with Gasteiger partial charge in [-0.2, -0.15) is 17.5 Å². The molecule has 0 aliphatic carbocycles. The van der Waals surface area contributed by atoms with E-state index < -0.39 is 21.8 Å². The lowest BCUT2D eigenvalue weighted by molar-refractivity contribution is -0.137. The molecule has 0 unspecified atom stereocenters. The molecule has 2 aliphatic rings. The third kappa shape index (κ3) is 4.85. The molecule has 2 aromatic carbocycles. The Morgan fingerprint density at radius 3 is 2.39 bits per heavy atom. The first-order valence-electron chi connectivity index (χ1n) is 10.5. The predicted octanol–water partition coefficient (Wildman–Crippen LogP) is 4.06. The van der Waals surface area contributed by atoms with Crippen LogP contribution in [0.5, 0.6) is 0 Å². The van der Waals surface area contributed by atoms with Crippen molar-refractivity contribution >= 4 is 39.1 Å². The lowest BCUT2D eigenvalue weighted by Gasteiger charge is -2.36. The summed E-state index contributed by atoms with van der Waals surface area (Å²) in [5, 5.41) is 0.202. The van der Waals surface area contributed by atoms with Crippen molar-refractivity contribution in [2.45, 2.75) is 35.1 Å². The molecule has 1 amide bonds. The summed E-state index contributed by atoms with van der Waals surface area (Å²) in [6.45, 7) is 4.83. The highest BCUT2D eigenvalue weighted by atomic mass is 32.2. The van der Waals surface area contributed by atoms with Crippen LogP contribution < -0.4 is 9.80 Å². The molecule has 0 bridgehead atoms. The van der Waals surface area contributed by atoms with Gasteiger partial charge in [-0.15, -0.1) is 11.8 Å². The maximum absolute atomic E-state index is 13.3. The van der Waals surface area contributed by atoms with Gasteiger partial charge in [0.1, 0.15) is 0 Å². The first-order chi connectivity index (χ1) is 15.5. The van der Waals surface area contributed by atoms with Gasteiger partial charge in [0, 0.05) is 55.5 Å². The fourth-order valence-corrected chi connectivity index (χ4v) is 6.63. The summed E-state index contributed by atoms with van der Waals surface area (Å²) in [7, 11) is -3.82. The summed E-state index contributed by atoms with van der Waals surface area (Å²) in [4.78, 5) is 16.4. The Kier molecular flexibility index (Phi) is 6.41. The molecular formula is C22H24F3N3O3S2. The standard InChI is InChI=1S/C22H24F3N3O3S2/c1-15-14-28(16(2)29)20-13-19(6-7-21(20)32-15)33(30,31)27-10-8-26(9-11-27)18-5-3-4-17(12-18)22(23,24)25/h3-7,12-13,15H,8-11,14H2,1-2H3/t15-/m1/s1. The van der Waals surface area contributed by atoms with E-state index in [0.29, 0.717) is 17.9 Å². The van der Waals surface area contributed by atoms with Crippen LogP contribution in [0.3, 0.4) is 0 Å². The van der Waals surface area contributed by atoms with Crippen molar-refractivity contribution in [3.05, 3.63) is 48.0 Å². The summed E-state index contributed by atoms with van der Waals surface area (Å²) in [6.07, 6.45) is -4.43. The van der Waals surface area contributed by atoms with Crippen molar-refractivity contribution in [2.75, 3.05) is 42.5 Å².